The van der Waals surface area contributed by atoms with Crippen LogP contribution in [0.15, 0.2) is 0 Å². The Balaban J connectivity index is 2.18. The fraction of sp³-hybridized carbons (Fsp3) is 0.938. The number of nitrogens with one attached hydrogen (secondary N) is 2. The van der Waals surface area contributed by atoms with Crippen LogP contribution in [-0.2, 0) is 49.8 Å². The maximum Gasteiger partial charge on any atom is 0.326 e. The molecule has 0 aromatic carbocycles. The van der Waals surface area contributed by atoms with Crippen molar-refractivity contribution in [1.82, 2.24) is 10.6 Å². The highest BCUT2D eigenvalue weighted by molar-refractivity contribution is 7.93. The second-order valence-electron chi connectivity index (χ2n) is 15.5. The summed E-state index contributed by atoms with van der Waals surface area (Å²) in [6.07, 6.45) is 3.41. The topological polar surface area (TPSA) is 167 Å². The number of aliphatic hydroxyl groups excluding tert-OH is 1. The lowest BCUT2D eigenvalue weighted by Gasteiger charge is -2.32. The number of carbonyl (C=O) groups is 2. The molecule has 0 bridgehead atoms. The number of carbonyl (C=O) groups excluding carboxylic acids is 2. The SMILES string of the molecule is C[C@@H]1OC([C@H](O)[C@H](NCCCNC(=O)C2(N)CC2CCCN)C(=O)OC(C)(C)C)[C@@H](O[S+](C)C(C)(C)C)[C@H]1O[S+](C)C(C)(C)C. The molecule has 2 fully saturated rings. The average molecular weight is 681 g/mol. The molecule has 0 aromatic heterocycles. The minimum absolute atomic E-state index is 0.0939. The number of ether oxygens (including phenoxy) is 2. The monoisotopic (exact) mass is 680 g/mol. The van der Waals surface area contributed by atoms with Gasteiger partial charge in [0, 0.05) is 6.54 Å². The van der Waals surface area contributed by atoms with E-state index in [-0.39, 0.29) is 27.4 Å². The third kappa shape index (κ3) is 11.8. The molecule has 1 amide bonds. The van der Waals surface area contributed by atoms with Crippen LogP contribution in [-0.4, -0.2) is 106 Å². The summed E-state index contributed by atoms with van der Waals surface area (Å²) in [7, 11) is 0. The van der Waals surface area contributed by atoms with Gasteiger partial charge in [-0.1, -0.05) is 0 Å². The van der Waals surface area contributed by atoms with Gasteiger partial charge in [-0.15, -0.1) is 0 Å². The molecule has 5 unspecified atom stereocenters. The van der Waals surface area contributed by atoms with Crippen LogP contribution in [0.1, 0.15) is 94.9 Å². The van der Waals surface area contributed by atoms with E-state index >= 15 is 0 Å². The van der Waals surface area contributed by atoms with Crippen LogP contribution < -0.4 is 22.1 Å². The first-order chi connectivity index (χ1) is 20.5. The Bertz CT molecular complexity index is 971. The average Bonchev–Trinajstić information content (AvgIpc) is 3.48. The Morgan fingerprint density at radius 2 is 1.53 bits per heavy atom. The normalized spacial score (nSPS) is 30.0. The third-order valence-corrected chi connectivity index (χ3v) is 12.9. The smallest absolute Gasteiger partial charge is 0.326 e. The highest BCUT2D eigenvalue weighted by atomic mass is 32.2. The van der Waals surface area contributed by atoms with Crippen molar-refractivity contribution in [2.24, 2.45) is 17.4 Å². The molecule has 1 heterocycles. The Kier molecular flexibility index (Phi) is 14.6. The van der Waals surface area contributed by atoms with Gasteiger partial charge in [-0.2, -0.15) is 8.37 Å². The van der Waals surface area contributed by atoms with Crippen molar-refractivity contribution in [3.05, 3.63) is 0 Å². The predicted molar refractivity (Wildman–Crippen MR) is 185 cm³/mol. The Morgan fingerprint density at radius 3 is 2.04 bits per heavy atom. The Hall–Kier alpha value is -0.640. The summed E-state index contributed by atoms with van der Waals surface area (Å²) >= 11 is -0.935. The summed E-state index contributed by atoms with van der Waals surface area (Å²) in [5.74, 6) is -0.584. The first kappa shape index (κ1) is 40.5. The predicted octanol–water partition coefficient (Wildman–Crippen LogP) is 2.09. The molecule has 0 spiro atoms. The van der Waals surface area contributed by atoms with Crippen molar-refractivity contribution in [1.29, 1.82) is 0 Å². The fourth-order valence-corrected chi connectivity index (χ4v) is 6.69. The minimum Gasteiger partial charge on any atom is -0.459 e. The van der Waals surface area contributed by atoms with Crippen molar-refractivity contribution >= 4 is 34.2 Å². The molecule has 1 aliphatic heterocycles. The van der Waals surface area contributed by atoms with Crippen LogP contribution >= 0.6 is 0 Å². The number of hydrogen-bond acceptors (Lipinski definition) is 10. The van der Waals surface area contributed by atoms with Gasteiger partial charge >= 0.3 is 5.97 Å². The summed E-state index contributed by atoms with van der Waals surface area (Å²) in [6, 6.07) is -1.09. The van der Waals surface area contributed by atoms with Crippen LogP contribution in [0.2, 0.25) is 0 Å². The number of rotatable bonds is 16. The Labute approximate surface area is 278 Å². The fourth-order valence-electron chi connectivity index (χ4n) is 4.96. The molecule has 7 N–H and O–H groups in total. The molecule has 264 valence electrons. The zero-order valence-corrected chi connectivity index (χ0v) is 31.5. The van der Waals surface area contributed by atoms with Crippen molar-refractivity contribution in [2.45, 2.75) is 152 Å². The van der Waals surface area contributed by atoms with Gasteiger partial charge < -0.3 is 36.7 Å². The molecule has 1 saturated carbocycles. The van der Waals surface area contributed by atoms with Crippen LogP contribution in [0.4, 0.5) is 0 Å². The summed E-state index contributed by atoms with van der Waals surface area (Å²) in [5, 5.41) is 18.0. The van der Waals surface area contributed by atoms with Crippen LogP contribution in [0.5, 0.6) is 0 Å². The van der Waals surface area contributed by atoms with Gasteiger partial charge in [0.05, 0.1) is 11.6 Å². The van der Waals surface area contributed by atoms with E-state index in [1.807, 2.05) is 13.2 Å². The number of nitrogens with two attached hydrogens (primary N) is 2. The molecule has 45 heavy (non-hydrogen) atoms. The molecule has 10 atom stereocenters. The quantitative estimate of drug-likeness (QED) is 0.0926. The van der Waals surface area contributed by atoms with Gasteiger partial charge in [0.25, 0.3) is 0 Å². The third-order valence-electron chi connectivity index (χ3n) is 8.39. The molecule has 13 heteroatoms. The summed E-state index contributed by atoms with van der Waals surface area (Å²) in [5.41, 5.74) is 10.3. The van der Waals surface area contributed by atoms with E-state index in [4.69, 9.17) is 29.3 Å². The van der Waals surface area contributed by atoms with Crippen LogP contribution in [0, 0.1) is 5.92 Å². The summed E-state index contributed by atoms with van der Waals surface area (Å²) in [6.45, 7) is 21.3. The van der Waals surface area contributed by atoms with Crippen molar-refractivity contribution in [3.63, 3.8) is 0 Å². The van der Waals surface area contributed by atoms with E-state index in [0.717, 1.165) is 12.8 Å². The zero-order chi connectivity index (χ0) is 34.5. The van der Waals surface area contributed by atoms with E-state index < -0.39 is 69.9 Å². The molecule has 2 aliphatic rings. The molecule has 2 rings (SSSR count). The van der Waals surface area contributed by atoms with E-state index in [1.165, 1.54) is 0 Å². The van der Waals surface area contributed by atoms with Gasteiger partial charge in [-0.3, -0.25) is 9.59 Å². The first-order valence-electron chi connectivity index (χ1n) is 16.3. The highest BCUT2D eigenvalue weighted by Gasteiger charge is 2.58. The molecule has 0 aromatic rings. The second kappa shape index (κ2) is 16.2. The molecule has 1 aliphatic carbocycles. The Morgan fingerprint density at radius 1 is 0.978 bits per heavy atom. The van der Waals surface area contributed by atoms with Gasteiger partial charge in [-0.05, 0) is 114 Å². The lowest BCUT2D eigenvalue weighted by molar-refractivity contribution is -0.165. The highest BCUT2D eigenvalue weighted by Crippen LogP contribution is 2.44. The van der Waals surface area contributed by atoms with Gasteiger partial charge in [0.15, 0.2) is 21.7 Å². The number of hydrogen-bond donors (Lipinski definition) is 5. The molecular weight excluding hydrogens is 617 g/mol. The maximum absolute atomic E-state index is 13.5. The second-order valence-corrected chi connectivity index (χ2v) is 20.1. The number of esters is 1. The zero-order valence-electron chi connectivity index (χ0n) is 29.9. The minimum atomic E-state index is -1.29. The molecule has 11 nitrogen and oxygen atoms in total. The van der Waals surface area contributed by atoms with Crippen LogP contribution in [0.3, 0.4) is 0 Å². The van der Waals surface area contributed by atoms with Gasteiger partial charge in [-0.25, -0.2) is 0 Å². The number of aliphatic hydroxyl groups is 1. The van der Waals surface area contributed by atoms with Crippen molar-refractivity contribution in [3.8, 4) is 0 Å². The maximum atomic E-state index is 13.5. The molecular formula is C32H64N4O7S2+2. The van der Waals surface area contributed by atoms with Crippen molar-refractivity contribution in [2.75, 3.05) is 32.1 Å². The van der Waals surface area contributed by atoms with E-state index in [9.17, 15) is 14.7 Å². The summed E-state index contributed by atoms with van der Waals surface area (Å²) in [4.78, 5) is 26.2. The first-order valence-corrected chi connectivity index (χ1v) is 19.4. The van der Waals surface area contributed by atoms with E-state index in [1.54, 1.807) is 20.8 Å². The number of amides is 1. The van der Waals surface area contributed by atoms with Gasteiger partial charge in [0.1, 0.15) is 58.7 Å². The van der Waals surface area contributed by atoms with Crippen LogP contribution in [0.25, 0.3) is 0 Å². The van der Waals surface area contributed by atoms with E-state index in [0.29, 0.717) is 32.5 Å². The molecule has 0 radical (unpaired) electrons. The lowest BCUT2D eigenvalue weighted by atomic mass is 9.98. The lowest BCUT2D eigenvalue weighted by Crippen LogP contribution is -2.57. The van der Waals surface area contributed by atoms with Crippen molar-refractivity contribution < 1.29 is 32.5 Å². The van der Waals surface area contributed by atoms with E-state index in [2.05, 4.69) is 58.4 Å². The van der Waals surface area contributed by atoms with Gasteiger partial charge in [0.2, 0.25) is 5.91 Å². The molecule has 1 saturated heterocycles. The summed E-state index contributed by atoms with van der Waals surface area (Å²) < 4.78 is 25.1. The largest absolute Gasteiger partial charge is 0.459 e. The standard InChI is InChI=1S/C32H63N4O7S2/c1-20-24(42-44(11)30(5,6)7)26(43-45(12)31(8,9)10)25(40-20)23(37)22(27(38)41-29(2,3)4)35-17-14-18-36-28(39)32(34)19-21(32)15-13-16-33/h20-26,35,37H,13-19,33-34H2,1-12H3/q+1/p+1/t20-,21?,22-,23+,24-,25?,26-,32?,44?,45?/m0/s1.